The van der Waals surface area contributed by atoms with Gasteiger partial charge in [-0.15, -0.1) is 0 Å². The van der Waals surface area contributed by atoms with Crippen LogP contribution in [0.3, 0.4) is 0 Å². The van der Waals surface area contributed by atoms with Gasteiger partial charge in [0, 0.05) is 0 Å². The lowest BCUT2D eigenvalue weighted by Gasteiger charge is -2.33. The molecule has 222 valence electrons. The molecular weight excluding hydrogens is 597 g/mol. The predicted molar refractivity (Wildman–Crippen MR) is 123 cm³/mol. The summed E-state index contributed by atoms with van der Waals surface area (Å²) in [7, 11) is -18.1. The van der Waals surface area contributed by atoms with Crippen LogP contribution in [-0.2, 0) is 37.2 Å². The van der Waals surface area contributed by atoms with Crippen LogP contribution in [-0.4, -0.2) is 48.4 Å². The van der Waals surface area contributed by atoms with Crippen molar-refractivity contribution >= 4 is 29.1 Å². The summed E-state index contributed by atoms with van der Waals surface area (Å²) in [6, 6.07) is 3.39. The van der Waals surface area contributed by atoms with E-state index in [1.807, 2.05) is 0 Å². The van der Waals surface area contributed by atoms with Crippen molar-refractivity contribution in [3.8, 4) is 12.1 Å². The zero-order valence-corrected chi connectivity index (χ0v) is 23.7. The van der Waals surface area contributed by atoms with Crippen molar-refractivity contribution in [3.05, 3.63) is 28.6 Å². The number of nitrogens with one attached hydrogen (secondary N) is 1. The molecule has 0 radical (unpaired) electrons. The second-order valence-corrected chi connectivity index (χ2v) is 11.3. The number of hydrogen-bond acceptors (Lipinski definition) is 16. The van der Waals surface area contributed by atoms with Gasteiger partial charge in [0.15, 0.2) is 0 Å². The predicted octanol–water partition coefficient (Wildman–Crippen LogP) is -1.62. The third kappa shape index (κ3) is 7.18. The third-order valence-electron chi connectivity index (χ3n) is 4.86. The van der Waals surface area contributed by atoms with Crippen LogP contribution in [0.15, 0.2) is 17.3 Å². The first-order chi connectivity index (χ1) is 16.0. The summed E-state index contributed by atoms with van der Waals surface area (Å²) >= 11 is 0. The number of aromatic amines is 1. The Labute approximate surface area is 218 Å². The number of aliphatic hydroxyl groups excluding tert-OH is 1. The number of aromatic nitrogens is 4. The van der Waals surface area contributed by atoms with E-state index in [0.717, 1.165) is 24.0 Å². The number of fused-ring (bicyclic) bond motifs is 1. The third-order valence-corrected chi connectivity index (χ3v) is 8.55. The monoisotopic (exact) mass is 625 g/mol. The lowest BCUT2D eigenvalue weighted by Crippen LogP contribution is -2.45. The average Bonchev–Trinajstić information content (AvgIpc) is 3.24. The Morgan fingerprint density at radius 1 is 1.15 bits per heavy atom. The molecule has 7 atom stereocenters. The van der Waals surface area contributed by atoms with Crippen molar-refractivity contribution in [2.75, 3.05) is 6.61 Å². The first-order valence-electron chi connectivity index (χ1n) is 8.84. The van der Waals surface area contributed by atoms with Crippen LogP contribution in [0.5, 0.6) is 0 Å². The maximum atomic E-state index is 11.9. The number of ether oxygens (including phenoxy) is 1. The maximum Gasteiger partial charge on any atom is 0.294 e. The van der Waals surface area contributed by atoms with E-state index in [9.17, 15) is 48.8 Å². The Bertz CT molecular complexity index is 1450. The van der Waals surface area contributed by atoms with Crippen LogP contribution >= 0.6 is 23.5 Å². The Kier molecular flexibility index (Phi) is 12.7. The van der Waals surface area contributed by atoms with Gasteiger partial charge in [0.1, 0.15) is 35.7 Å². The van der Waals surface area contributed by atoms with Crippen molar-refractivity contribution in [2.45, 2.75) is 24.7 Å². The lowest BCUT2D eigenvalue weighted by molar-refractivity contribution is -0.250. The molecule has 2 aromatic rings. The minimum Gasteiger partial charge on any atom is -0.756 e. The topological polar surface area (TPSA) is 454 Å². The minimum absolute atomic E-state index is 0. The van der Waals surface area contributed by atoms with Crippen LogP contribution in [0.25, 0.3) is 5.65 Å². The van der Waals surface area contributed by atoms with E-state index < -0.39 is 58.9 Å². The fourth-order valence-electron chi connectivity index (χ4n) is 3.31. The molecule has 26 heteroatoms. The Morgan fingerprint density at radius 2 is 1.74 bits per heavy atom. The fraction of sp³-hybridized carbons (Fsp3) is 0.462. The molecule has 0 aromatic carbocycles. The number of imidazole rings is 1. The summed E-state index contributed by atoms with van der Waals surface area (Å²) in [6.45, 7) is -0.172. The second-order valence-electron chi connectivity index (χ2n) is 7.03. The molecule has 1 saturated heterocycles. The van der Waals surface area contributed by atoms with E-state index in [1.54, 1.807) is 12.1 Å². The molecule has 2 aromatic heterocycles. The number of rotatable bonds is 8. The first kappa shape index (κ1) is 38.6. The summed E-state index contributed by atoms with van der Waals surface area (Å²) in [5.41, 5.74) is -5.90. The van der Waals surface area contributed by atoms with Gasteiger partial charge in [0.25, 0.3) is 29.0 Å². The Morgan fingerprint density at radius 3 is 2.26 bits per heavy atom. The van der Waals surface area contributed by atoms with Gasteiger partial charge < -0.3 is 63.5 Å². The normalized spacial score (nSPS) is 28.4. The highest BCUT2D eigenvalue weighted by Gasteiger charge is 2.67. The van der Waals surface area contributed by atoms with Gasteiger partial charge >= 0.3 is 0 Å². The van der Waals surface area contributed by atoms with E-state index >= 15 is 0 Å². The van der Waals surface area contributed by atoms with E-state index in [4.69, 9.17) is 9.63 Å². The fourth-order valence-corrected chi connectivity index (χ4v) is 6.21. The van der Waals surface area contributed by atoms with E-state index in [-0.39, 0.29) is 35.9 Å². The van der Waals surface area contributed by atoms with E-state index in [0.29, 0.717) is 0 Å². The van der Waals surface area contributed by atoms with Gasteiger partial charge in [0.2, 0.25) is 11.2 Å². The number of nitriles is 2. The summed E-state index contributed by atoms with van der Waals surface area (Å²) in [5, 5.41) is 34.3. The molecule has 0 spiro atoms. The molecule has 3 heterocycles. The molecule has 0 amide bonds. The molecule has 0 bridgehead atoms. The molecule has 23 nitrogen and oxygen atoms in total. The van der Waals surface area contributed by atoms with E-state index in [2.05, 4.69) is 28.2 Å². The van der Waals surface area contributed by atoms with Crippen molar-refractivity contribution in [3.63, 3.8) is 0 Å². The standard InChI is InChI=1S/C13H15N6O13P3.4H3N/c1-12(4-14)9(20)7(3-29-34(25,26)32-35(27,28)31-33(22,23)24)30-13(12,5-15)8-2-16-10-11(21)17-6-18-19(8)10;;;;/h2,6-7,9,20H,3H2,1H3,(H,25,26)(H,27,28)(H,17,18,21)(H2,22,23,24);4*1H3/p+1/t7-,9-,12-,13+;;;;/m1..../s1. The number of H-pyrrole nitrogens is 1. The van der Waals surface area contributed by atoms with Gasteiger partial charge in [0.05, 0.1) is 18.9 Å². The summed E-state index contributed by atoms with van der Waals surface area (Å²) < 4.78 is 50.9. The highest BCUT2D eigenvalue weighted by Crippen LogP contribution is 2.62. The van der Waals surface area contributed by atoms with Crippen molar-refractivity contribution in [1.29, 1.82) is 10.5 Å². The quantitative estimate of drug-likeness (QED) is 0.162. The molecule has 1 aliphatic rings. The summed E-state index contributed by atoms with van der Waals surface area (Å²) in [5.74, 6) is 0. The van der Waals surface area contributed by atoms with Gasteiger partial charge in [-0.25, -0.2) is 18.1 Å². The molecule has 19 N–H and O–H groups in total. The van der Waals surface area contributed by atoms with Gasteiger partial charge in [-0.05, 0) is 6.92 Å². The zero-order chi connectivity index (χ0) is 26.4. The lowest BCUT2D eigenvalue weighted by atomic mass is 9.71. The minimum atomic E-state index is -6.18. The number of quaternary nitrogens is 4. The van der Waals surface area contributed by atoms with Crippen molar-refractivity contribution in [2.24, 2.45) is 5.41 Å². The second kappa shape index (κ2) is 12.8. The number of phosphoric ester groups is 1. The van der Waals surface area contributed by atoms with Gasteiger partial charge in [-0.2, -0.15) is 15.6 Å². The molecule has 0 aliphatic carbocycles. The Hall–Kier alpha value is -2.50. The summed E-state index contributed by atoms with van der Waals surface area (Å²) in [6.07, 6.45) is -1.86. The molecular formula is C13H28N10O13P3+. The van der Waals surface area contributed by atoms with Gasteiger partial charge in [-0.3, -0.25) is 18.5 Å². The zero-order valence-electron chi connectivity index (χ0n) is 21.0. The molecule has 0 saturated carbocycles. The molecule has 1 aliphatic heterocycles. The number of aliphatic hydroxyl groups is 1. The van der Waals surface area contributed by atoms with Crippen LogP contribution in [0.1, 0.15) is 12.6 Å². The number of phosphoric acid groups is 3. The number of nitrogens with zero attached hydrogens (tertiary/aromatic N) is 5. The number of hydrogen-bond donors (Lipinski definition) is 7. The average molecular weight is 625 g/mol. The smallest absolute Gasteiger partial charge is 0.294 e. The Balaban J connectivity index is 0. The van der Waals surface area contributed by atoms with Crippen molar-refractivity contribution < 1.29 is 56.3 Å². The van der Waals surface area contributed by atoms with Crippen LogP contribution in [0, 0.1) is 28.1 Å². The van der Waals surface area contributed by atoms with Crippen LogP contribution in [0.4, 0.5) is 0 Å². The highest BCUT2D eigenvalue weighted by molar-refractivity contribution is 7.65. The SMILES string of the molecule is C[C@@]1(C#N)[C@H](O)[C@@H](COP(=O)([O-])OP(=O)([O-])OP(=O)([O-])O)O[C@@]1(C#N)c1cnc2c(=O)[nH]cnn12.[NH4+].[NH4+].[NH4+].[NH4+]. The summed E-state index contributed by atoms with van der Waals surface area (Å²) in [4.78, 5) is 60.0. The maximum absolute atomic E-state index is 11.9. The molecule has 3 unspecified atom stereocenters. The largest absolute Gasteiger partial charge is 0.756 e. The first-order valence-corrected chi connectivity index (χ1v) is 13.3. The molecule has 39 heavy (non-hydrogen) atoms. The van der Waals surface area contributed by atoms with Crippen LogP contribution < -0.4 is 44.8 Å². The highest BCUT2D eigenvalue weighted by atomic mass is 31.3. The molecule has 1 fully saturated rings. The van der Waals surface area contributed by atoms with Crippen LogP contribution in [0.2, 0.25) is 0 Å². The van der Waals surface area contributed by atoms with E-state index in [1.165, 1.54) is 0 Å². The van der Waals surface area contributed by atoms with Gasteiger partial charge in [-0.1, -0.05) is 0 Å². The van der Waals surface area contributed by atoms with Crippen molar-refractivity contribution in [1.82, 2.24) is 44.2 Å². The molecule has 3 rings (SSSR count).